The lowest BCUT2D eigenvalue weighted by molar-refractivity contribution is -0.116. The third-order valence-electron chi connectivity index (χ3n) is 5.13. The van der Waals surface area contributed by atoms with Crippen molar-refractivity contribution in [3.63, 3.8) is 0 Å². The molecule has 0 aliphatic carbocycles. The molecule has 1 amide bonds. The largest absolute Gasteiger partial charge is 0.324 e. The monoisotopic (exact) mass is 401 g/mol. The predicted molar refractivity (Wildman–Crippen MR) is 117 cm³/mol. The highest BCUT2D eigenvalue weighted by Gasteiger charge is 2.15. The Hall–Kier alpha value is -3.74. The summed E-state index contributed by atoms with van der Waals surface area (Å²) in [5, 5.41) is 7.66. The fourth-order valence-corrected chi connectivity index (χ4v) is 3.56. The molecule has 152 valence electrons. The predicted octanol–water partition coefficient (Wildman–Crippen LogP) is 3.35. The van der Waals surface area contributed by atoms with Gasteiger partial charge in [-0.25, -0.2) is 9.67 Å². The van der Waals surface area contributed by atoms with E-state index in [4.69, 9.17) is 0 Å². The summed E-state index contributed by atoms with van der Waals surface area (Å²) in [5.41, 5.74) is 3.98. The van der Waals surface area contributed by atoms with Crippen molar-refractivity contribution >= 4 is 22.6 Å². The molecule has 7 heteroatoms. The minimum absolute atomic E-state index is 0.112. The van der Waals surface area contributed by atoms with Crippen LogP contribution in [-0.2, 0) is 24.2 Å². The highest BCUT2D eigenvalue weighted by atomic mass is 16.2. The van der Waals surface area contributed by atoms with E-state index in [1.807, 2.05) is 48.5 Å². The molecule has 0 fully saturated rings. The zero-order chi connectivity index (χ0) is 21.1. The summed E-state index contributed by atoms with van der Waals surface area (Å²) >= 11 is 0. The van der Waals surface area contributed by atoms with E-state index < -0.39 is 0 Å². The van der Waals surface area contributed by atoms with Gasteiger partial charge < -0.3 is 5.32 Å². The number of hydrogen-bond acceptors (Lipinski definition) is 4. The molecular weight excluding hydrogens is 378 g/mol. The summed E-state index contributed by atoms with van der Waals surface area (Å²) in [6, 6.07) is 15.5. The van der Waals surface area contributed by atoms with Crippen LogP contribution in [0.25, 0.3) is 16.7 Å². The summed E-state index contributed by atoms with van der Waals surface area (Å²) in [5.74, 6) is -0.260. The maximum absolute atomic E-state index is 12.9. The number of hydrogen-bond donors (Lipinski definition) is 1. The Labute approximate surface area is 174 Å². The van der Waals surface area contributed by atoms with E-state index in [2.05, 4.69) is 29.2 Å². The SMILES string of the molecule is CCc1cccc(CC)c1NC(=O)Cn1cnc2c(cnn2-c2ccccc2)c1=O. The molecule has 0 aliphatic rings. The van der Waals surface area contributed by atoms with Gasteiger partial charge >= 0.3 is 0 Å². The summed E-state index contributed by atoms with van der Waals surface area (Å²) in [4.78, 5) is 30.0. The molecule has 0 spiro atoms. The fraction of sp³-hybridized carbons (Fsp3) is 0.217. The molecule has 0 saturated carbocycles. The number of carbonyl (C=O) groups is 1. The second-order valence-corrected chi connectivity index (χ2v) is 7.01. The molecule has 0 aliphatic heterocycles. The molecular formula is C23H23N5O2. The third-order valence-corrected chi connectivity index (χ3v) is 5.13. The number of anilines is 1. The maximum atomic E-state index is 12.9. The number of amides is 1. The smallest absolute Gasteiger partial charge is 0.264 e. The van der Waals surface area contributed by atoms with E-state index in [0.717, 1.165) is 35.3 Å². The number of nitrogens with zero attached hydrogens (tertiary/aromatic N) is 4. The average molecular weight is 401 g/mol. The average Bonchev–Trinajstić information content (AvgIpc) is 3.21. The van der Waals surface area contributed by atoms with Crippen molar-refractivity contribution in [2.45, 2.75) is 33.2 Å². The van der Waals surface area contributed by atoms with Crippen LogP contribution < -0.4 is 10.9 Å². The Morgan fingerprint density at radius 3 is 2.37 bits per heavy atom. The first-order valence-corrected chi connectivity index (χ1v) is 10.0. The van der Waals surface area contributed by atoms with Crippen LogP contribution in [0.15, 0.2) is 65.8 Å². The number of benzene rings is 2. The number of carbonyl (C=O) groups excluding carboxylic acids is 1. The van der Waals surface area contributed by atoms with Crippen molar-refractivity contribution in [1.29, 1.82) is 0 Å². The van der Waals surface area contributed by atoms with Crippen LogP contribution in [0.1, 0.15) is 25.0 Å². The lowest BCUT2D eigenvalue weighted by Gasteiger charge is -2.15. The van der Waals surface area contributed by atoms with Crippen molar-refractivity contribution in [2.24, 2.45) is 0 Å². The van der Waals surface area contributed by atoms with E-state index in [9.17, 15) is 9.59 Å². The zero-order valence-corrected chi connectivity index (χ0v) is 17.0. The molecule has 0 bridgehead atoms. The minimum Gasteiger partial charge on any atom is -0.324 e. The third kappa shape index (κ3) is 3.61. The van der Waals surface area contributed by atoms with Crippen LogP contribution in [-0.4, -0.2) is 25.2 Å². The molecule has 4 aromatic rings. The van der Waals surface area contributed by atoms with E-state index in [1.165, 1.54) is 17.1 Å². The van der Waals surface area contributed by atoms with Gasteiger partial charge in [0.05, 0.1) is 11.9 Å². The maximum Gasteiger partial charge on any atom is 0.264 e. The standard InChI is InChI=1S/C23H23N5O2/c1-3-16-9-8-10-17(4-2)21(16)26-20(29)14-27-15-24-22-19(23(27)30)13-25-28(22)18-11-6-5-7-12-18/h5-13,15H,3-4,14H2,1-2H3,(H,26,29). The van der Waals surface area contributed by atoms with Gasteiger partial charge in [-0.3, -0.25) is 14.2 Å². The van der Waals surface area contributed by atoms with Crippen LogP contribution in [0, 0.1) is 0 Å². The molecule has 0 saturated heterocycles. The van der Waals surface area contributed by atoms with E-state index in [-0.39, 0.29) is 18.0 Å². The highest BCUT2D eigenvalue weighted by Crippen LogP contribution is 2.22. The number of nitrogens with one attached hydrogen (secondary N) is 1. The van der Waals surface area contributed by atoms with Gasteiger partial charge in [0.25, 0.3) is 5.56 Å². The normalized spacial score (nSPS) is 11.0. The van der Waals surface area contributed by atoms with Crippen LogP contribution >= 0.6 is 0 Å². The topological polar surface area (TPSA) is 81.8 Å². The fourth-order valence-electron chi connectivity index (χ4n) is 3.56. The first-order valence-electron chi connectivity index (χ1n) is 10.0. The summed E-state index contributed by atoms with van der Waals surface area (Å²) in [7, 11) is 0. The molecule has 2 aromatic heterocycles. The van der Waals surface area contributed by atoms with Gasteiger partial charge in [-0.15, -0.1) is 0 Å². The van der Waals surface area contributed by atoms with Crippen molar-refractivity contribution in [3.8, 4) is 5.69 Å². The van der Waals surface area contributed by atoms with Crippen molar-refractivity contribution in [1.82, 2.24) is 19.3 Å². The van der Waals surface area contributed by atoms with Crippen LogP contribution in [0.2, 0.25) is 0 Å². The quantitative estimate of drug-likeness (QED) is 0.537. The van der Waals surface area contributed by atoms with E-state index in [1.54, 1.807) is 4.68 Å². The van der Waals surface area contributed by atoms with Gasteiger partial charge in [0.2, 0.25) is 5.91 Å². The highest BCUT2D eigenvalue weighted by molar-refractivity contribution is 5.92. The Kier molecular flexibility index (Phi) is 5.43. The summed E-state index contributed by atoms with van der Waals surface area (Å²) in [6.07, 6.45) is 4.52. The van der Waals surface area contributed by atoms with Crippen LogP contribution in [0.5, 0.6) is 0 Å². The molecule has 1 N–H and O–H groups in total. The van der Waals surface area contributed by atoms with Crippen molar-refractivity contribution < 1.29 is 4.79 Å². The summed E-state index contributed by atoms with van der Waals surface area (Å²) < 4.78 is 2.93. The van der Waals surface area contributed by atoms with E-state index in [0.29, 0.717) is 11.0 Å². The van der Waals surface area contributed by atoms with Crippen LogP contribution in [0.3, 0.4) is 0 Å². The van der Waals surface area contributed by atoms with Crippen molar-refractivity contribution in [2.75, 3.05) is 5.32 Å². The molecule has 7 nitrogen and oxygen atoms in total. The first kappa shape index (κ1) is 19.6. The molecule has 2 heterocycles. The molecule has 30 heavy (non-hydrogen) atoms. The molecule has 0 unspecified atom stereocenters. The number of fused-ring (bicyclic) bond motifs is 1. The summed E-state index contributed by atoms with van der Waals surface area (Å²) in [6.45, 7) is 3.99. The van der Waals surface area contributed by atoms with Gasteiger partial charge in [0.15, 0.2) is 5.65 Å². The number of rotatable bonds is 6. The second kappa shape index (κ2) is 8.32. The Balaban J connectivity index is 1.62. The Morgan fingerprint density at radius 2 is 1.70 bits per heavy atom. The second-order valence-electron chi connectivity index (χ2n) is 7.01. The lowest BCUT2D eigenvalue weighted by atomic mass is 10.0. The van der Waals surface area contributed by atoms with Crippen molar-refractivity contribution in [3.05, 3.63) is 82.5 Å². The van der Waals surface area contributed by atoms with Gasteiger partial charge in [-0.05, 0) is 36.1 Å². The van der Waals surface area contributed by atoms with Gasteiger partial charge in [0.1, 0.15) is 18.3 Å². The number of aryl methyl sites for hydroxylation is 2. The zero-order valence-electron chi connectivity index (χ0n) is 17.0. The molecule has 0 radical (unpaired) electrons. The lowest BCUT2D eigenvalue weighted by Crippen LogP contribution is -2.28. The van der Waals surface area contributed by atoms with Gasteiger partial charge in [-0.1, -0.05) is 50.2 Å². The molecule has 2 aromatic carbocycles. The van der Waals surface area contributed by atoms with Gasteiger partial charge in [0, 0.05) is 5.69 Å². The first-order chi connectivity index (χ1) is 14.6. The van der Waals surface area contributed by atoms with E-state index >= 15 is 0 Å². The number of aromatic nitrogens is 4. The van der Waals surface area contributed by atoms with Crippen LogP contribution in [0.4, 0.5) is 5.69 Å². The Morgan fingerprint density at radius 1 is 1.00 bits per heavy atom. The van der Waals surface area contributed by atoms with Gasteiger partial charge in [-0.2, -0.15) is 5.10 Å². The minimum atomic E-state index is -0.295. The molecule has 0 atom stereocenters. The Bertz CT molecular complexity index is 1240. The molecule has 4 rings (SSSR count). The number of para-hydroxylation sites is 2.